The number of rotatable bonds is 6. The fourth-order valence-electron chi connectivity index (χ4n) is 2.45. The zero-order valence-electron chi connectivity index (χ0n) is 14.4. The van der Waals surface area contributed by atoms with Gasteiger partial charge < -0.3 is 9.73 Å². The molecule has 0 saturated heterocycles. The fourth-order valence-corrected chi connectivity index (χ4v) is 3.38. The number of carbonyl (C=O) groups excluding carboxylic acids is 1. The van der Waals surface area contributed by atoms with Crippen molar-refractivity contribution in [2.45, 2.75) is 37.7 Å². The Hall–Kier alpha value is -2.54. The zero-order chi connectivity index (χ0) is 17.8. The van der Waals surface area contributed by atoms with Gasteiger partial charge >= 0.3 is 0 Å². The summed E-state index contributed by atoms with van der Waals surface area (Å²) < 4.78 is 7.21. The number of furan rings is 1. The molecular formula is C18H20N4O2S. The van der Waals surface area contributed by atoms with Crippen molar-refractivity contribution in [3.63, 3.8) is 0 Å². The summed E-state index contributed by atoms with van der Waals surface area (Å²) >= 11 is 1.39. The van der Waals surface area contributed by atoms with Gasteiger partial charge in [0.2, 0.25) is 5.91 Å². The van der Waals surface area contributed by atoms with Crippen molar-refractivity contribution in [2.75, 3.05) is 0 Å². The third kappa shape index (κ3) is 3.93. The van der Waals surface area contributed by atoms with Gasteiger partial charge in [-0.1, -0.05) is 30.0 Å². The lowest BCUT2D eigenvalue weighted by Gasteiger charge is -2.14. The smallest absolute Gasteiger partial charge is 0.233 e. The van der Waals surface area contributed by atoms with Crippen LogP contribution in [0.3, 0.4) is 0 Å². The highest BCUT2D eigenvalue weighted by Gasteiger charge is 2.20. The number of carbonyl (C=O) groups is 1. The second-order valence-electron chi connectivity index (χ2n) is 5.71. The van der Waals surface area contributed by atoms with E-state index < -0.39 is 0 Å². The number of hydrogen-bond donors (Lipinski definition) is 1. The van der Waals surface area contributed by atoms with Crippen LogP contribution in [0.4, 0.5) is 0 Å². The normalized spacial score (nSPS) is 12.1. The van der Waals surface area contributed by atoms with Gasteiger partial charge in [0.1, 0.15) is 11.6 Å². The summed E-state index contributed by atoms with van der Waals surface area (Å²) in [6.45, 7) is 6.18. The zero-order valence-corrected chi connectivity index (χ0v) is 15.2. The van der Waals surface area contributed by atoms with Crippen LogP contribution in [0.15, 0.2) is 52.2 Å². The predicted molar refractivity (Wildman–Crippen MR) is 96.7 cm³/mol. The van der Waals surface area contributed by atoms with Crippen molar-refractivity contribution < 1.29 is 9.21 Å². The van der Waals surface area contributed by atoms with Gasteiger partial charge in [-0.15, -0.1) is 10.2 Å². The highest BCUT2D eigenvalue weighted by atomic mass is 32.2. The average Bonchev–Trinajstić information content (AvgIpc) is 3.23. The van der Waals surface area contributed by atoms with E-state index in [2.05, 4.69) is 15.5 Å². The Labute approximate surface area is 150 Å². The van der Waals surface area contributed by atoms with E-state index in [1.54, 1.807) is 12.3 Å². The van der Waals surface area contributed by atoms with Gasteiger partial charge in [-0.25, -0.2) is 0 Å². The molecule has 0 aliphatic carbocycles. The first-order chi connectivity index (χ1) is 12.1. The monoisotopic (exact) mass is 356 g/mol. The van der Waals surface area contributed by atoms with E-state index in [0.717, 1.165) is 22.8 Å². The fraction of sp³-hybridized carbons (Fsp3) is 0.278. The lowest BCUT2D eigenvalue weighted by molar-refractivity contribution is -0.120. The van der Waals surface area contributed by atoms with E-state index in [1.165, 1.54) is 11.8 Å². The van der Waals surface area contributed by atoms with Crippen molar-refractivity contribution >= 4 is 17.7 Å². The molecule has 1 aromatic carbocycles. The molecule has 2 aromatic heterocycles. The number of thioether (sulfide) groups is 1. The molecule has 0 saturated carbocycles. The Kier molecular flexibility index (Phi) is 5.23. The molecule has 1 N–H and O–H groups in total. The van der Waals surface area contributed by atoms with Crippen LogP contribution in [0.5, 0.6) is 0 Å². The van der Waals surface area contributed by atoms with E-state index >= 15 is 0 Å². The van der Waals surface area contributed by atoms with E-state index in [1.807, 2.05) is 55.7 Å². The van der Waals surface area contributed by atoms with Crippen LogP contribution < -0.4 is 5.32 Å². The van der Waals surface area contributed by atoms with Crippen LogP contribution in [-0.4, -0.2) is 25.9 Å². The molecule has 0 fully saturated rings. The van der Waals surface area contributed by atoms with E-state index in [0.29, 0.717) is 11.7 Å². The summed E-state index contributed by atoms with van der Waals surface area (Å²) in [6, 6.07) is 11.7. The Bertz CT molecular complexity index is 858. The molecule has 6 nitrogen and oxygen atoms in total. The van der Waals surface area contributed by atoms with Gasteiger partial charge in [-0.2, -0.15) is 0 Å². The van der Waals surface area contributed by atoms with Crippen LogP contribution in [0, 0.1) is 13.8 Å². The van der Waals surface area contributed by atoms with Crippen molar-refractivity contribution in [1.82, 2.24) is 20.1 Å². The number of aromatic nitrogens is 3. The maximum Gasteiger partial charge on any atom is 0.233 e. The number of amides is 1. The highest BCUT2D eigenvalue weighted by molar-refractivity contribution is 8.00. The molecule has 0 unspecified atom stereocenters. The maximum atomic E-state index is 12.3. The molecule has 2 heterocycles. The molecular weight excluding hydrogens is 336 g/mol. The number of benzene rings is 1. The molecule has 1 amide bonds. The minimum absolute atomic E-state index is 0.0709. The van der Waals surface area contributed by atoms with E-state index in [9.17, 15) is 4.79 Å². The molecule has 3 rings (SSSR count). The van der Waals surface area contributed by atoms with Gasteiger partial charge in [-0.05, 0) is 44.5 Å². The minimum atomic E-state index is -0.304. The van der Waals surface area contributed by atoms with E-state index in [4.69, 9.17) is 4.42 Å². The second-order valence-corrected chi connectivity index (χ2v) is 7.02. The largest absolute Gasteiger partial charge is 0.467 e. The van der Waals surface area contributed by atoms with Crippen molar-refractivity contribution in [2.24, 2.45) is 0 Å². The molecule has 0 radical (unpaired) electrons. The molecule has 0 spiro atoms. The third-order valence-electron chi connectivity index (χ3n) is 3.82. The highest BCUT2D eigenvalue weighted by Crippen LogP contribution is 2.27. The average molecular weight is 356 g/mol. The van der Waals surface area contributed by atoms with Crippen LogP contribution in [0.25, 0.3) is 5.69 Å². The Balaban J connectivity index is 1.72. The number of para-hydroxylation sites is 1. The summed E-state index contributed by atoms with van der Waals surface area (Å²) in [5.74, 6) is 1.45. The summed E-state index contributed by atoms with van der Waals surface area (Å²) in [5, 5.41) is 11.7. The van der Waals surface area contributed by atoms with Crippen molar-refractivity contribution in [3.05, 3.63) is 59.8 Å². The van der Waals surface area contributed by atoms with Gasteiger partial charge in [0.25, 0.3) is 0 Å². The van der Waals surface area contributed by atoms with Crippen molar-refractivity contribution in [3.8, 4) is 5.69 Å². The molecule has 7 heteroatoms. The number of nitrogens with zero attached hydrogens (tertiary/aromatic N) is 3. The summed E-state index contributed by atoms with van der Waals surface area (Å²) in [6.07, 6.45) is 1.59. The van der Waals surface area contributed by atoms with Gasteiger partial charge in [0, 0.05) is 0 Å². The molecule has 0 aliphatic rings. The van der Waals surface area contributed by atoms with Gasteiger partial charge in [-0.3, -0.25) is 9.36 Å². The number of nitrogens with one attached hydrogen (secondary N) is 1. The number of hydrogen-bond acceptors (Lipinski definition) is 5. The lowest BCUT2D eigenvalue weighted by Crippen LogP contribution is -2.30. The topological polar surface area (TPSA) is 73.0 Å². The third-order valence-corrected chi connectivity index (χ3v) is 4.86. The van der Waals surface area contributed by atoms with Gasteiger partial charge in [0.15, 0.2) is 5.16 Å². The molecule has 1 atom stereocenters. The standard InChI is InChI=1S/C18H20N4O2S/c1-12-7-4-5-9-16(12)22-14(3)20-21-18(22)25-13(2)17(23)19-11-15-8-6-10-24-15/h4-10,13H,11H2,1-3H3,(H,19,23)/t13-/m1/s1. The molecule has 0 aliphatic heterocycles. The lowest BCUT2D eigenvalue weighted by atomic mass is 10.2. The first kappa shape index (κ1) is 17.3. The van der Waals surface area contributed by atoms with E-state index in [-0.39, 0.29) is 11.2 Å². The number of aryl methyl sites for hydroxylation is 2. The first-order valence-corrected chi connectivity index (χ1v) is 8.89. The summed E-state index contributed by atoms with van der Waals surface area (Å²) in [7, 11) is 0. The van der Waals surface area contributed by atoms with Crippen molar-refractivity contribution in [1.29, 1.82) is 0 Å². The Morgan fingerprint density at radius 2 is 2.04 bits per heavy atom. The predicted octanol–water partition coefficient (Wildman–Crippen LogP) is 3.27. The van der Waals surface area contributed by atoms with Gasteiger partial charge in [0.05, 0.1) is 23.7 Å². The molecule has 3 aromatic rings. The Morgan fingerprint density at radius 1 is 1.24 bits per heavy atom. The molecule has 25 heavy (non-hydrogen) atoms. The SMILES string of the molecule is Cc1ccccc1-n1c(C)nnc1S[C@H](C)C(=O)NCc1ccco1. The molecule has 130 valence electrons. The Morgan fingerprint density at radius 3 is 2.76 bits per heavy atom. The van der Waals surface area contributed by atoms with Crippen LogP contribution in [-0.2, 0) is 11.3 Å². The maximum absolute atomic E-state index is 12.3. The summed E-state index contributed by atoms with van der Waals surface area (Å²) in [4.78, 5) is 12.3. The first-order valence-electron chi connectivity index (χ1n) is 8.01. The van der Waals surface area contributed by atoms with Crippen LogP contribution in [0.2, 0.25) is 0 Å². The summed E-state index contributed by atoms with van der Waals surface area (Å²) in [5.41, 5.74) is 2.15. The van der Waals surface area contributed by atoms with Crippen LogP contribution in [0.1, 0.15) is 24.1 Å². The minimum Gasteiger partial charge on any atom is -0.467 e. The van der Waals surface area contributed by atoms with Crippen LogP contribution >= 0.6 is 11.8 Å². The quantitative estimate of drug-likeness (QED) is 0.686. The molecule has 0 bridgehead atoms. The second kappa shape index (κ2) is 7.57.